The van der Waals surface area contributed by atoms with E-state index in [0.717, 1.165) is 38.0 Å². The Kier molecular flexibility index (Phi) is 7.37. The zero-order valence-electron chi connectivity index (χ0n) is 18.4. The van der Waals surface area contributed by atoms with Gasteiger partial charge in [0.25, 0.3) is 0 Å². The lowest BCUT2D eigenvalue weighted by Crippen LogP contribution is -2.40. The molecule has 0 atom stereocenters. The Morgan fingerprint density at radius 3 is 2.06 bits per heavy atom. The Morgan fingerprint density at radius 1 is 0.848 bits per heavy atom. The van der Waals surface area contributed by atoms with Crippen molar-refractivity contribution in [2.45, 2.75) is 25.9 Å². The number of hydrogen-bond acceptors (Lipinski definition) is 4. The molecule has 1 heterocycles. The molecule has 33 heavy (non-hydrogen) atoms. The van der Waals surface area contributed by atoms with Gasteiger partial charge in [-0.05, 0) is 73.5 Å². The number of benzene rings is 3. The first-order valence-electron chi connectivity index (χ1n) is 11.2. The SMILES string of the molecule is O=C(O)c1ccc(Oc2ccc(CN3CCC(C(=O)NCc4ccccc4)CC3)cc2)cc1. The largest absolute Gasteiger partial charge is 0.478 e. The van der Waals surface area contributed by atoms with Crippen LogP contribution >= 0.6 is 0 Å². The van der Waals surface area contributed by atoms with Crippen LogP contribution < -0.4 is 10.1 Å². The van der Waals surface area contributed by atoms with Gasteiger partial charge in [-0.1, -0.05) is 42.5 Å². The van der Waals surface area contributed by atoms with E-state index < -0.39 is 5.97 Å². The Balaban J connectivity index is 1.21. The van der Waals surface area contributed by atoms with Crippen LogP contribution in [0.3, 0.4) is 0 Å². The van der Waals surface area contributed by atoms with E-state index in [9.17, 15) is 9.59 Å². The second-order valence-electron chi connectivity index (χ2n) is 8.33. The number of rotatable bonds is 8. The third-order valence-corrected chi connectivity index (χ3v) is 5.93. The van der Waals surface area contributed by atoms with Gasteiger partial charge in [-0.2, -0.15) is 0 Å². The summed E-state index contributed by atoms with van der Waals surface area (Å²) in [6.07, 6.45) is 1.74. The van der Waals surface area contributed by atoms with Crippen LogP contribution in [0.25, 0.3) is 0 Å². The van der Waals surface area contributed by atoms with Gasteiger partial charge in [-0.15, -0.1) is 0 Å². The average molecular weight is 445 g/mol. The molecule has 0 bridgehead atoms. The van der Waals surface area contributed by atoms with Gasteiger partial charge in [-0.25, -0.2) is 4.79 Å². The molecule has 0 saturated carbocycles. The first-order valence-corrected chi connectivity index (χ1v) is 11.2. The van der Waals surface area contributed by atoms with Crippen LogP contribution in [0, 0.1) is 5.92 Å². The van der Waals surface area contributed by atoms with Crippen LogP contribution in [0.15, 0.2) is 78.9 Å². The van der Waals surface area contributed by atoms with Gasteiger partial charge in [0.05, 0.1) is 5.56 Å². The Hall–Kier alpha value is -3.64. The molecule has 1 saturated heterocycles. The van der Waals surface area contributed by atoms with E-state index in [0.29, 0.717) is 18.0 Å². The molecule has 0 aliphatic carbocycles. The molecule has 1 amide bonds. The number of nitrogens with one attached hydrogen (secondary N) is 1. The van der Waals surface area contributed by atoms with Crippen LogP contribution in [0.1, 0.15) is 34.3 Å². The van der Waals surface area contributed by atoms with Crippen molar-refractivity contribution < 1.29 is 19.4 Å². The highest BCUT2D eigenvalue weighted by molar-refractivity contribution is 5.87. The molecule has 1 aliphatic heterocycles. The summed E-state index contributed by atoms with van der Waals surface area (Å²) < 4.78 is 5.80. The normalized spacial score (nSPS) is 14.5. The molecule has 3 aromatic carbocycles. The molecular weight excluding hydrogens is 416 g/mol. The molecule has 3 aromatic rings. The molecular formula is C27H28N2O4. The number of ether oxygens (including phenoxy) is 1. The molecule has 0 radical (unpaired) electrons. The van der Waals surface area contributed by atoms with Crippen LogP contribution in [-0.4, -0.2) is 35.0 Å². The summed E-state index contributed by atoms with van der Waals surface area (Å²) >= 11 is 0. The van der Waals surface area contributed by atoms with Gasteiger partial charge in [0.2, 0.25) is 5.91 Å². The molecule has 0 spiro atoms. The van der Waals surface area contributed by atoms with Crippen LogP contribution in [0.4, 0.5) is 0 Å². The summed E-state index contributed by atoms with van der Waals surface area (Å²) in [5, 5.41) is 12.0. The van der Waals surface area contributed by atoms with Gasteiger partial charge < -0.3 is 15.2 Å². The number of amides is 1. The Labute approximate surface area is 193 Å². The van der Waals surface area contributed by atoms with Gasteiger partial charge >= 0.3 is 5.97 Å². The summed E-state index contributed by atoms with van der Waals surface area (Å²) in [5.74, 6) is 0.573. The van der Waals surface area contributed by atoms with Crippen molar-refractivity contribution in [2.24, 2.45) is 5.92 Å². The third-order valence-electron chi connectivity index (χ3n) is 5.93. The van der Waals surface area contributed by atoms with Gasteiger partial charge in [0.15, 0.2) is 0 Å². The van der Waals surface area contributed by atoms with Crippen LogP contribution in [0.2, 0.25) is 0 Å². The number of aromatic carboxylic acids is 1. The minimum Gasteiger partial charge on any atom is -0.478 e. The monoisotopic (exact) mass is 444 g/mol. The van der Waals surface area contributed by atoms with E-state index in [1.807, 2.05) is 54.6 Å². The number of piperidine rings is 1. The van der Waals surface area contributed by atoms with Crippen molar-refractivity contribution in [1.82, 2.24) is 10.2 Å². The molecule has 4 rings (SSSR count). The molecule has 0 aromatic heterocycles. The van der Waals surface area contributed by atoms with E-state index >= 15 is 0 Å². The molecule has 1 aliphatic rings. The molecule has 2 N–H and O–H groups in total. The maximum absolute atomic E-state index is 12.5. The first kappa shape index (κ1) is 22.6. The number of hydrogen-bond donors (Lipinski definition) is 2. The van der Waals surface area contributed by atoms with Crippen molar-refractivity contribution >= 4 is 11.9 Å². The fraction of sp³-hybridized carbons (Fsp3) is 0.259. The lowest BCUT2D eigenvalue weighted by Gasteiger charge is -2.31. The van der Waals surface area contributed by atoms with Crippen molar-refractivity contribution in [3.8, 4) is 11.5 Å². The number of carboxylic acid groups (broad SMARTS) is 1. The molecule has 0 unspecified atom stereocenters. The number of carboxylic acids is 1. The maximum Gasteiger partial charge on any atom is 0.335 e. The molecule has 1 fully saturated rings. The molecule has 170 valence electrons. The zero-order chi connectivity index (χ0) is 23.0. The highest BCUT2D eigenvalue weighted by Crippen LogP contribution is 2.24. The zero-order valence-corrected chi connectivity index (χ0v) is 18.4. The average Bonchev–Trinajstić information content (AvgIpc) is 2.85. The third kappa shape index (κ3) is 6.43. The molecule has 6 heteroatoms. The summed E-state index contributed by atoms with van der Waals surface area (Å²) in [6, 6.07) is 24.3. The second-order valence-corrected chi connectivity index (χ2v) is 8.33. The fourth-order valence-electron chi connectivity index (χ4n) is 4.01. The minimum atomic E-state index is -0.956. The van der Waals surface area contributed by atoms with Crippen molar-refractivity contribution in [3.05, 3.63) is 95.6 Å². The van der Waals surface area contributed by atoms with E-state index in [1.54, 1.807) is 12.1 Å². The van der Waals surface area contributed by atoms with Gasteiger partial charge in [0, 0.05) is 19.0 Å². The lowest BCUT2D eigenvalue weighted by atomic mass is 9.95. The molecule has 6 nitrogen and oxygen atoms in total. The summed E-state index contributed by atoms with van der Waals surface area (Å²) in [6.45, 7) is 3.22. The first-order chi connectivity index (χ1) is 16.1. The van der Waals surface area contributed by atoms with E-state index in [1.165, 1.54) is 17.7 Å². The van der Waals surface area contributed by atoms with Crippen LogP contribution in [-0.2, 0) is 17.9 Å². The topological polar surface area (TPSA) is 78.9 Å². The predicted molar refractivity (Wildman–Crippen MR) is 126 cm³/mol. The quantitative estimate of drug-likeness (QED) is 0.526. The smallest absolute Gasteiger partial charge is 0.335 e. The van der Waals surface area contributed by atoms with Crippen molar-refractivity contribution in [2.75, 3.05) is 13.1 Å². The number of likely N-dealkylation sites (tertiary alicyclic amines) is 1. The van der Waals surface area contributed by atoms with Gasteiger partial charge in [-0.3, -0.25) is 9.69 Å². The summed E-state index contributed by atoms with van der Waals surface area (Å²) in [4.78, 5) is 25.8. The van der Waals surface area contributed by atoms with Crippen molar-refractivity contribution in [1.29, 1.82) is 0 Å². The highest BCUT2D eigenvalue weighted by atomic mass is 16.5. The maximum atomic E-state index is 12.5. The Morgan fingerprint density at radius 2 is 1.45 bits per heavy atom. The minimum absolute atomic E-state index is 0.0771. The Bertz CT molecular complexity index is 1060. The van der Waals surface area contributed by atoms with Crippen molar-refractivity contribution in [3.63, 3.8) is 0 Å². The van der Waals surface area contributed by atoms with E-state index in [4.69, 9.17) is 9.84 Å². The van der Waals surface area contributed by atoms with E-state index in [-0.39, 0.29) is 17.4 Å². The fourth-order valence-corrected chi connectivity index (χ4v) is 4.01. The van der Waals surface area contributed by atoms with E-state index in [2.05, 4.69) is 10.2 Å². The number of carbonyl (C=O) groups is 2. The number of nitrogens with zero attached hydrogens (tertiary/aromatic N) is 1. The summed E-state index contributed by atoms with van der Waals surface area (Å²) in [5.41, 5.74) is 2.54. The highest BCUT2D eigenvalue weighted by Gasteiger charge is 2.24. The number of carbonyl (C=O) groups excluding carboxylic acids is 1. The van der Waals surface area contributed by atoms with Crippen LogP contribution in [0.5, 0.6) is 11.5 Å². The standard InChI is InChI=1S/C27H28N2O4/c30-26(28-18-20-4-2-1-3-5-20)22-14-16-29(17-15-22)19-21-6-10-24(11-7-21)33-25-12-8-23(9-13-25)27(31)32/h1-13,22H,14-19H2,(H,28,30)(H,31,32). The predicted octanol–water partition coefficient (Wildman–Crippen LogP) is 4.71. The van der Waals surface area contributed by atoms with Gasteiger partial charge in [0.1, 0.15) is 11.5 Å². The summed E-state index contributed by atoms with van der Waals surface area (Å²) in [7, 11) is 0. The second kappa shape index (κ2) is 10.8. The lowest BCUT2D eigenvalue weighted by molar-refractivity contribution is -0.126.